The average Bonchev–Trinajstić information content (AvgIpc) is 3.12. The standard InChI is InChI=1S/C22H28O4/c1-15-19(25-13-12-23)5-3-17-2-4-18(20(15)17)21(24)26-14-22-9-6-16(7-10-22)8-11-22/h3-5,16,23H,2,6-14H2,1H3. The van der Waals surface area contributed by atoms with Gasteiger partial charge in [0.1, 0.15) is 12.4 Å². The first-order valence-corrected chi connectivity index (χ1v) is 9.86. The third kappa shape index (κ3) is 3.16. The molecule has 1 N–H and O–H groups in total. The van der Waals surface area contributed by atoms with E-state index in [0.717, 1.165) is 34.8 Å². The normalized spacial score (nSPS) is 26.4. The van der Waals surface area contributed by atoms with Gasteiger partial charge >= 0.3 is 5.97 Å². The molecule has 3 saturated carbocycles. The summed E-state index contributed by atoms with van der Waals surface area (Å²) in [5.41, 5.74) is 3.95. The first-order chi connectivity index (χ1) is 12.6. The summed E-state index contributed by atoms with van der Waals surface area (Å²) in [7, 11) is 0. The molecule has 5 rings (SSSR count). The summed E-state index contributed by atoms with van der Waals surface area (Å²) in [4.78, 5) is 12.8. The number of esters is 1. The van der Waals surface area contributed by atoms with Gasteiger partial charge in [0.2, 0.25) is 0 Å². The second-order valence-electron chi connectivity index (χ2n) is 8.17. The smallest absolute Gasteiger partial charge is 0.338 e. The highest BCUT2D eigenvalue weighted by molar-refractivity contribution is 6.18. The molecule has 0 atom stereocenters. The lowest BCUT2D eigenvalue weighted by atomic mass is 9.61. The zero-order valence-electron chi connectivity index (χ0n) is 15.6. The largest absolute Gasteiger partial charge is 0.491 e. The Hall–Kier alpha value is -1.81. The predicted octanol–water partition coefficient (Wildman–Crippen LogP) is 3.82. The number of aliphatic hydroxyl groups is 1. The van der Waals surface area contributed by atoms with Gasteiger partial charge in [-0.05, 0) is 80.5 Å². The molecule has 0 unspecified atom stereocenters. The van der Waals surface area contributed by atoms with Gasteiger partial charge in [-0.1, -0.05) is 12.1 Å². The van der Waals surface area contributed by atoms with E-state index < -0.39 is 0 Å². The fourth-order valence-corrected chi connectivity index (χ4v) is 4.96. The molecule has 1 aromatic carbocycles. The SMILES string of the molecule is Cc1c(OCCO)ccc2c1C(C(=O)OCC13CCC(CC1)CC3)=CC2. The van der Waals surface area contributed by atoms with E-state index >= 15 is 0 Å². The minimum absolute atomic E-state index is 0.0236. The Morgan fingerprint density at radius 1 is 1.23 bits per heavy atom. The van der Waals surface area contributed by atoms with Crippen LogP contribution in [0, 0.1) is 18.3 Å². The monoisotopic (exact) mass is 356 g/mol. The number of ether oxygens (including phenoxy) is 2. The maximum absolute atomic E-state index is 12.8. The van der Waals surface area contributed by atoms with Gasteiger partial charge in [0.05, 0.1) is 18.8 Å². The van der Waals surface area contributed by atoms with Crippen molar-refractivity contribution in [3.05, 3.63) is 34.9 Å². The average molecular weight is 356 g/mol. The van der Waals surface area contributed by atoms with Crippen molar-refractivity contribution < 1.29 is 19.4 Å². The Balaban J connectivity index is 1.47. The lowest BCUT2D eigenvalue weighted by Crippen LogP contribution is -2.38. The van der Waals surface area contributed by atoms with E-state index in [9.17, 15) is 4.79 Å². The van der Waals surface area contributed by atoms with E-state index in [2.05, 4.69) is 0 Å². The maximum Gasteiger partial charge on any atom is 0.338 e. The summed E-state index contributed by atoms with van der Waals surface area (Å²) < 4.78 is 11.4. The van der Waals surface area contributed by atoms with Crippen LogP contribution in [0.25, 0.3) is 5.57 Å². The van der Waals surface area contributed by atoms with Crippen LogP contribution in [-0.4, -0.2) is 30.9 Å². The van der Waals surface area contributed by atoms with Crippen molar-refractivity contribution in [1.29, 1.82) is 0 Å². The van der Waals surface area contributed by atoms with Crippen LogP contribution in [0.3, 0.4) is 0 Å². The Kier molecular flexibility index (Phi) is 4.78. The number of hydrogen-bond donors (Lipinski definition) is 1. The van der Waals surface area contributed by atoms with Gasteiger partial charge in [-0.25, -0.2) is 4.79 Å². The van der Waals surface area contributed by atoms with Crippen LogP contribution in [0.15, 0.2) is 18.2 Å². The highest BCUT2D eigenvalue weighted by Gasteiger charge is 2.41. The zero-order valence-corrected chi connectivity index (χ0v) is 15.6. The molecule has 4 aliphatic rings. The molecule has 26 heavy (non-hydrogen) atoms. The van der Waals surface area contributed by atoms with Gasteiger partial charge < -0.3 is 14.6 Å². The Morgan fingerprint density at radius 3 is 2.65 bits per heavy atom. The molecule has 1 aromatic rings. The zero-order chi connectivity index (χ0) is 18.1. The number of hydrogen-bond acceptors (Lipinski definition) is 4. The van der Waals surface area contributed by atoms with Gasteiger partial charge in [-0.2, -0.15) is 0 Å². The summed E-state index contributed by atoms with van der Waals surface area (Å²) in [5.74, 6) is 1.44. The van der Waals surface area contributed by atoms with E-state index in [-0.39, 0.29) is 24.6 Å². The molecular formula is C22H28O4. The fraction of sp³-hybridized carbons (Fsp3) is 0.591. The van der Waals surface area contributed by atoms with Crippen molar-refractivity contribution in [2.24, 2.45) is 11.3 Å². The van der Waals surface area contributed by atoms with Crippen molar-refractivity contribution in [3.63, 3.8) is 0 Å². The van der Waals surface area contributed by atoms with Crippen molar-refractivity contribution >= 4 is 11.5 Å². The molecule has 0 spiro atoms. The van der Waals surface area contributed by atoms with Crippen LogP contribution in [0.4, 0.5) is 0 Å². The van der Waals surface area contributed by atoms with Crippen LogP contribution in [0.5, 0.6) is 5.75 Å². The maximum atomic E-state index is 12.8. The van der Waals surface area contributed by atoms with E-state index in [1.807, 2.05) is 25.1 Å². The summed E-state index contributed by atoms with van der Waals surface area (Å²) in [5, 5.41) is 8.99. The van der Waals surface area contributed by atoms with E-state index in [0.29, 0.717) is 12.2 Å². The molecule has 140 valence electrons. The van der Waals surface area contributed by atoms with E-state index in [4.69, 9.17) is 14.6 Å². The molecule has 2 bridgehead atoms. The van der Waals surface area contributed by atoms with Crippen LogP contribution in [0.1, 0.15) is 55.2 Å². The molecule has 4 aliphatic carbocycles. The number of fused-ring (bicyclic) bond motifs is 4. The number of allylic oxidation sites excluding steroid dienone is 1. The van der Waals surface area contributed by atoms with Crippen LogP contribution in [0.2, 0.25) is 0 Å². The molecule has 0 aromatic heterocycles. The first-order valence-electron chi connectivity index (χ1n) is 9.86. The molecular weight excluding hydrogens is 328 g/mol. The number of benzene rings is 1. The number of carbonyl (C=O) groups excluding carboxylic acids is 1. The van der Waals surface area contributed by atoms with Crippen LogP contribution in [-0.2, 0) is 16.0 Å². The highest BCUT2D eigenvalue weighted by Crippen LogP contribution is 2.50. The summed E-state index contributed by atoms with van der Waals surface area (Å²) in [6.45, 7) is 2.76. The summed E-state index contributed by atoms with van der Waals surface area (Å²) in [6.07, 6.45) is 10.3. The van der Waals surface area contributed by atoms with Gasteiger partial charge in [0, 0.05) is 5.41 Å². The number of carbonyl (C=O) groups is 1. The fourth-order valence-electron chi connectivity index (χ4n) is 4.96. The second kappa shape index (κ2) is 7.07. The third-order valence-electron chi connectivity index (χ3n) is 6.62. The first kappa shape index (κ1) is 17.6. The Labute approximate surface area is 155 Å². The van der Waals surface area contributed by atoms with E-state index in [1.165, 1.54) is 38.5 Å². The Bertz CT molecular complexity index is 712. The van der Waals surface area contributed by atoms with Crippen molar-refractivity contribution in [3.8, 4) is 5.75 Å². The van der Waals surface area contributed by atoms with Gasteiger partial charge in [-0.3, -0.25) is 0 Å². The van der Waals surface area contributed by atoms with E-state index in [1.54, 1.807) is 0 Å². The molecule has 4 nitrogen and oxygen atoms in total. The molecule has 0 radical (unpaired) electrons. The van der Waals surface area contributed by atoms with Crippen molar-refractivity contribution in [2.45, 2.75) is 51.9 Å². The second-order valence-corrected chi connectivity index (χ2v) is 8.17. The lowest BCUT2D eigenvalue weighted by molar-refractivity contribution is -0.142. The van der Waals surface area contributed by atoms with Gasteiger partial charge in [0.25, 0.3) is 0 Å². The topological polar surface area (TPSA) is 55.8 Å². The quantitative estimate of drug-likeness (QED) is 0.787. The minimum atomic E-state index is -0.201. The molecule has 0 aliphatic heterocycles. The van der Waals surface area contributed by atoms with Crippen LogP contribution >= 0.6 is 0 Å². The number of aliphatic hydroxyl groups excluding tert-OH is 1. The molecule has 3 fully saturated rings. The van der Waals surface area contributed by atoms with Crippen LogP contribution < -0.4 is 4.74 Å². The molecule has 0 heterocycles. The molecule has 0 saturated heterocycles. The van der Waals surface area contributed by atoms with Crippen molar-refractivity contribution in [1.82, 2.24) is 0 Å². The van der Waals surface area contributed by atoms with Gasteiger partial charge in [0.15, 0.2) is 0 Å². The Morgan fingerprint density at radius 2 is 1.96 bits per heavy atom. The summed E-state index contributed by atoms with van der Waals surface area (Å²) >= 11 is 0. The van der Waals surface area contributed by atoms with Crippen molar-refractivity contribution in [2.75, 3.05) is 19.8 Å². The highest BCUT2D eigenvalue weighted by atomic mass is 16.5. The minimum Gasteiger partial charge on any atom is -0.491 e. The third-order valence-corrected chi connectivity index (χ3v) is 6.62. The van der Waals surface area contributed by atoms with Gasteiger partial charge in [-0.15, -0.1) is 0 Å². The lowest BCUT2D eigenvalue weighted by Gasteiger charge is -2.46. The number of rotatable bonds is 6. The molecule has 4 heteroatoms. The predicted molar refractivity (Wildman–Crippen MR) is 100 cm³/mol. The molecule has 0 amide bonds. The summed E-state index contributed by atoms with van der Waals surface area (Å²) in [6, 6.07) is 3.93.